The summed E-state index contributed by atoms with van der Waals surface area (Å²) in [4.78, 5) is 10.1. The van der Waals surface area contributed by atoms with E-state index in [-0.39, 0.29) is 0 Å². The number of carbonyl (C=O) groups excluding carboxylic acids is 1. The molecule has 68 valence electrons. The van der Waals surface area contributed by atoms with Crippen LogP contribution in [0.4, 0.5) is 5.69 Å². The largest absolute Gasteiger partial charge is 0.398 e. The maximum absolute atomic E-state index is 10.1. The van der Waals surface area contributed by atoms with E-state index in [4.69, 9.17) is 5.73 Å². The van der Waals surface area contributed by atoms with Gasteiger partial charge in [0.25, 0.3) is 0 Å². The quantitative estimate of drug-likeness (QED) is 0.565. The van der Waals surface area contributed by atoms with E-state index in [1.807, 2.05) is 31.2 Å². The summed E-state index contributed by atoms with van der Waals surface area (Å²) in [5, 5.41) is 0. The van der Waals surface area contributed by atoms with Gasteiger partial charge < -0.3 is 10.5 Å². The van der Waals surface area contributed by atoms with E-state index < -0.39 is 0 Å². The van der Waals surface area contributed by atoms with Crippen LogP contribution >= 0.6 is 0 Å². The molecular formula is C11H13NO. The molecule has 0 amide bonds. The number of hydrogen-bond donors (Lipinski definition) is 1. The zero-order valence-electron chi connectivity index (χ0n) is 7.66. The first-order valence-corrected chi connectivity index (χ1v) is 4.20. The van der Waals surface area contributed by atoms with Gasteiger partial charge in [-0.2, -0.15) is 0 Å². The predicted molar refractivity (Wildman–Crippen MR) is 55.3 cm³/mol. The third-order valence-corrected chi connectivity index (χ3v) is 1.77. The number of carbonyl (C=O) groups is 1. The number of anilines is 1. The Bertz CT molecular complexity index is 329. The van der Waals surface area contributed by atoms with Crippen molar-refractivity contribution in [3.8, 4) is 0 Å². The maximum Gasteiger partial charge on any atom is 0.123 e. The molecule has 0 aliphatic heterocycles. The predicted octanol–water partition coefficient (Wildman–Crippen LogP) is 2.18. The Morgan fingerprint density at radius 3 is 2.85 bits per heavy atom. The van der Waals surface area contributed by atoms with Crippen molar-refractivity contribution >= 4 is 18.0 Å². The lowest BCUT2D eigenvalue weighted by Crippen LogP contribution is -1.89. The first-order valence-electron chi connectivity index (χ1n) is 4.20. The van der Waals surface area contributed by atoms with E-state index in [9.17, 15) is 4.79 Å². The van der Waals surface area contributed by atoms with Crippen LogP contribution in [0.15, 0.2) is 24.3 Å². The molecule has 2 heteroatoms. The first kappa shape index (κ1) is 9.52. The van der Waals surface area contributed by atoms with Crippen molar-refractivity contribution < 1.29 is 4.79 Å². The minimum absolute atomic E-state index is 0.438. The second-order valence-corrected chi connectivity index (χ2v) is 2.94. The van der Waals surface area contributed by atoms with E-state index in [1.165, 1.54) is 0 Å². The topological polar surface area (TPSA) is 43.1 Å². The van der Waals surface area contributed by atoms with Crippen LogP contribution in [-0.2, 0) is 4.79 Å². The summed E-state index contributed by atoms with van der Waals surface area (Å²) >= 11 is 0. The molecule has 1 aromatic rings. The molecule has 0 spiro atoms. The van der Waals surface area contributed by atoms with Gasteiger partial charge in [0.15, 0.2) is 0 Å². The van der Waals surface area contributed by atoms with Gasteiger partial charge in [0.2, 0.25) is 0 Å². The highest BCUT2D eigenvalue weighted by atomic mass is 16.1. The SMILES string of the molecule is Cc1ccc(C=CCC=O)c(N)c1. The van der Waals surface area contributed by atoms with Crippen LogP contribution in [0.2, 0.25) is 0 Å². The van der Waals surface area contributed by atoms with E-state index in [0.717, 1.165) is 23.1 Å². The lowest BCUT2D eigenvalue weighted by Gasteiger charge is -2.00. The fourth-order valence-electron chi connectivity index (χ4n) is 1.10. The van der Waals surface area contributed by atoms with Gasteiger partial charge >= 0.3 is 0 Å². The second-order valence-electron chi connectivity index (χ2n) is 2.94. The Labute approximate surface area is 78.1 Å². The van der Waals surface area contributed by atoms with Gasteiger partial charge in [-0.05, 0) is 24.1 Å². The van der Waals surface area contributed by atoms with Crippen LogP contribution in [-0.4, -0.2) is 6.29 Å². The van der Waals surface area contributed by atoms with Crippen molar-refractivity contribution in [3.05, 3.63) is 35.4 Å². The van der Waals surface area contributed by atoms with Crippen LogP contribution in [0.25, 0.3) is 6.08 Å². The molecule has 2 nitrogen and oxygen atoms in total. The van der Waals surface area contributed by atoms with Crippen LogP contribution in [0, 0.1) is 6.92 Å². The maximum atomic E-state index is 10.1. The molecule has 0 bridgehead atoms. The Morgan fingerprint density at radius 2 is 2.23 bits per heavy atom. The van der Waals surface area contributed by atoms with Crippen molar-refractivity contribution in [2.24, 2.45) is 0 Å². The molecule has 1 rings (SSSR count). The summed E-state index contributed by atoms with van der Waals surface area (Å²) in [5.41, 5.74) is 8.62. The van der Waals surface area contributed by atoms with Gasteiger partial charge in [-0.25, -0.2) is 0 Å². The van der Waals surface area contributed by atoms with Gasteiger partial charge in [0.1, 0.15) is 6.29 Å². The average Bonchev–Trinajstić information content (AvgIpc) is 2.09. The minimum Gasteiger partial charge on any atom is -0.398 e. The smallest absolute Gasteiger partial charge is 0.123 e. The van der Waals surface area contributed by atoms with Crippen molar-refractivity contribution in [2.45, 2.75) is 13.3 Å². The van der Waals surface area contributed by atoms with Crippen molar-refractivity contribution in [1.29, 1.82) is 0 Å². The summed E-state index contributed by atoms with van der Waals surface area (Å²) in [5.74, 6) is 0. The van der Waals surface area contributed by atoms with Gasteiger partial charge in [-0.15, -0.1) is 0 Å². The molecule has 0 saturated heterocycles. The third-order valence-electron chi connectivity index (χ3n) is 1.77. The zero-order valence-corrected chi connectivity index (χ0v) is 7.66. The average molecular weight is 175 g/mol. The molecule has 0 heterocycles. The Kier molecular flexibility index (Phi) is 3.26. The number of hydrogen-bond acceptors (Lipinski definition) is 2. The number of rotatable bonds is 3. The lowest BCUT2D eigenvalue weighted by atomic mass is 10.1. The van der Waals surface area contributed by atoms with E-state index >= 15 is 0 Å². The molecule has 13 heavy (non-hydrogen) atoms. The number of nitrogen functional groups attached to an aromatic ring is 1. The molecule has 0 atom stereocenters. The number of aryl methyl sites for hydroxylation is 1. The lowest BCUT2D eigenvalue weighted by molar-refractivity contribution is -0.107. The highest BCUT2D eigenvalue weighted by Gasteiger charge is 1.93. The van der Waals surface area contributed by atoms with Gasteiger partial charge in [0.05, 0.1) is 0 Å². The highest BCUT2D eigenvalue weighted by molar-refractivity contribution is 5.66. The van der Waals surface area contributed by atoms with E-state index in [0.29, 0.717) is 6.42 Å². The van der Waals surface area contributed by atoms with Gasteiger partial charge in [-0.1, -0.05) is 24.3 Å². The highest BCUT2D eigenvalue weighted by Crippen LogP contribution is 2.15. The second kappa shape index (κ2) is 4.45. The molecule has 0 aliphatic rings. The van der Waals surface area contributed by atoms with Crippen LogP contribution in [0.5, 0.6) is 0 Å². The Morgan fingerprint density at radius 1 is 1.46 bits per heavy atom. The normalized spacial score (nSPS) is 10.5. The summed E-state index contributed by atoms with van der Waals surface area (Å²) in [6.45, 7) is 2.00. The monoisotopic (exact) mass is 175 g/mol. The molecule has 1 aromatic carbocycles. The van der Waals surface area contributed by atoms with Crippen LogP contribution in [0.3, 0.4) is 0 Å². The summed E-state index contributed by atoms with van der Waals surface area (Å²) in [6.07, 6.45) is 4.96. The molecule has 0 radical (unpaired) electrons. The Hall–Kier alpha value is -1.57. The molecule has 0 aromatic heterocycles. The standard InChI is InChI=1S/C11H13NO/c1-9-5-6-10(11(12)8-9)4-2-3-7-13/h2,4-8H,3,12H2,1H3. The molecule has 0 aliphatic carbocycles. The minimum atomic E-state index is 0.438. The zero-order chi connectivity index (χ0) is 9.68. The van der Waals surface area contributed by atoms with E-state index in [2.05, 4.69) is 0 Å². The fraction of sp³-hybridized carbons (Fsp3) is 0.182. The summed E-state index contributed by atoms with van der Waals surface area (Å²) in [6, 6.07) is 5.86. The van der Waals surface area contributed by atoms with Crippen molar-refractivity contribution in [1.82, 2.24) is 0 Å². The van der Waals surface area contributed by atoms with Crippen LogP contribution in [0.1, 0.15) is 17.5 Å². The molecular weight excluding hydrogens is 162 g/mol. The Balaban J connectivity index is 2.83. The number of nitrogens with two attached hydrogens (primary N) is 1. The van der Waals surface area contributed by atoms with Crippen molar-refractivity contribution in [3.63, 3.8) is 0 Å². The van der Waals surface area contributed by atoms with Crippen LogP contribution < -0.4 is 5.73 Å². The fourth-order valence-corrected chi connectivity index (χ4v) is 1.10. The number of allylic oxidation sites excluding steroid dienone is 1. The third kappa shape index (κ3) is 2.75. The summed E-state index contributed by atoms with van der Waals surface area (Å²) in [7, 11) is 0. The van der Waals surface area contributed by atoms with E-state index in [1.54, 1.807) is 6.08 Å². The van der Waals surface area contributed by atoms with Gasteiger partial charge in [-0.3, -0.25) is 0 Å². The molecule has 0 saturated carbocycles. The molecule has 0 unspecified atom stereocenters. The number of benzene rings is 1. The first-order chi connectivity index (χ1) is 6.24. The van der Waals surface area contributed by atoms with Gasteiger partial charge in [0, 0.05) is 12.1 Å². The molecule has 0 fully saturated rings. The summed E-state index contributed by atoms with van der Waals surface area (Å²) < 4.78 is 0. The number of aldehydes is 1. The van der Waals surface area contributed by atoms with Crippen molar-refractivity contribution in [2.75, 3.05) is 5.73 Å². The molecule has 2 N–H and O–H groups in total.